The maximum Gasteiger partial charge on any atom is 0.496 e. The minimum absolute atomic E-state index is 0.0242. The molecule has 0 amide bonds. The average molecular weight is 319 g/mol. The molecular weight excluding hydrogens is 297 g/mol. The molecule has 1 aliphatic heterocycles. The summed E-state index contributed by atoms with van der Waals surface area (Å²) >= 11 is 3.03. The van der Waals surface area contributed by atoms with E-state index >= 15 is 0 Å². The molecule has 0 N–H and O–H groups in total. The van der Waals surface area contributed by atoms with Crippen molar-refractivity contribution in [2.24, 2.45) is 0 Å². The van der Waals surface area contributed by atoms with Gasteiger partial charge < -0.3 is 14.0 Å². The first-order valence-corrected chi connectivity index (χ1v) is 6.26. The first kappa shape index (κ1) is 8.56. The van der Waals surface area contributed by atoms with Gasteiger partial charge in [-0.2, -0.15) is 0 Å². The van der Waals surface area contributed by atoms with Crippen molar-refractivity contribution in [1.29, 1.82) is 0 Å². The van der Waals surface area contributed by atoms with E-state index in [9.17, 15) is 0 Å². The minimum atomic E-state index is -2.74. The van der Waals surface area contributed by atoms with Crippen LogP contribution in [0.5, 0.6) is 5.75 Å². The summed E-state index contributed by atoms with van der Waals surface area (Å²) in [5.41, 5.74) is -1.28. The highest BCUT2D eigenvalue weighted by Crippen LogP contribution is 2.36. The number of halogens is 1. The van der Waals surface area contributed by atoms with Gasteiger partial charge >= 0.3 is 7.12 Å². The molecule has 6 heteroatoms. The second-order valence-electron chi connectivity index (χ2n) is 5.07. The Morgan fingerprint density at radius 3 is 2.56 bits per heavy atom. The highest BCUT2D eigenvalue weighted by molar-refractivity contribution is 9.10. The Bertz CT molecular complexity index is 622. The number of ether oxygens (including phenoxy) is 1. The largest absolute Gasteiger partial charge is 0.496 e. The van der Waals surface area contributed by atoms with E-state index in [0.29, 0.717) is 0 Å². The van der Waals surface area contributed by atoms with E-state index in [0.717, 1.165) is 0 Å². The van der Waals surface area contributed by atoms with Crippen LogP contribution in [0.4, 0.5) is 0 Å². The smallest absolute Gasteiger partial charge is 0.494 e. The van der Waals surface area contributed by atoms with Gasteiger partial charge in [0.25, 0.3) is 0 Å². The van der Waals surface area contributed by atoms with Gasteiger partial charge in [-0.25, -0.2) is 4.98 Å². The molecule has 18 heavy (non-hydrogen) atoms. The molecule has 0 aromatic carbocycles. The van der Waals surface area contributed by atoms with E-state index in [1.165, 1.54) is 0 Å². The summed E-state index contributed by atoms with van der Waals surface area (Å²) in [6.07, 6.45) is -0.238. The van der Waals surface area contributed by atoms with Crippen LogP contribution < -0.4 is 10.2 Å². The molecule has 1 aromatic rings. The Kier molecular flexibility index (Phi) is 2.14. The molecule has 2 heterocycles. The highest BCUT2D eigenvalue weighted by atomic mass is 79.9. The Balaban J connectivity index is 2.50. The van der Waals surface area contributed by atoms with Crippen molar-refractivity contribution in [3.8, 4) is 5.75 Å². The standard InChI is InChI=1S/C12H17BBrNO3/c1-11(2)12(3,4)18-13(17-11)8-6-9(16-5)10(14)15-7-8/h6-7H,1-5H3/i5D3,6D,7D. The molecule has 4 nitrogen and oxygen atoms in total. The van der Waals surface area contributed by atoms with Crippen LogP contribution in [0.15, 0.2) is 16.8 Å². The molecule has 2 rings (SSSR count). The fraction of sp³-hybridized carbons (Fsp3) is 0.583. The molecule has 0 atom stereocenters. The Morgan fingerprint density at radius 1 is 1.39 bits per heavy atom. The molecule has 1 aliphatic rings. The van der Waals surface area contributed by atoms with E-state index < -0.39 is 25.4 Å². The van der Waals surface area contributed by atoms with E-state index in [-0.39, 0.29) is 28.0 Å². The minimum Gasteiger partial charge on any atom is -0.494 e. The summed E-state index contributed by atoms with van der Waals surface area (Å²) in [7, 11) is -3.74. The Hall–Kier alpha value is -0.585. The number of nitrogens with zero attached hydrogens (tertiary/aromatic N) is 1. The van der Waals surface area contributed by atoms with Crippen molar-refractivity contribution in [3.63, 3.8) is 0 Å². The summed E-state index contributed by atoms with van der Waals surface area (Å²) < 4.78 is 54.2. The van der Waals surface area contributed by atoms with Gasteiger partial charge in [0, 0.05) is 11.6 Å². The number of hydrogen-bond acceptors (Lipinski definition) is 4. The van der Waals surface area contributed by atoms with Crippen LogP contribution >= 0.6 is 15.9 Å². The summed E-state index contributed by atoms with van der Waals surface area (Å²) in [4.78, 5) is 3.89. The number of hydrogen-bond donors (Lipinski definition) is 0. The van der Waals surface area contributed by atoms with Gasteiger partial charge in [0.1, 0.15) is 4.60 Å². The zero-order chi connectivity index (χ0) is 17.8. The molecule has 0 aliphatic carbocycles. The third kappa shape index (κ3) is 2.29. The van der Waals surface area contributed by atoms with Crippen molar-refractivity contribution in [2.45, 2.75) is 38.9 Å². The normalized spacial score (nSPS) is 25.8. The van der Waals surface area contributed by atoms with Gasteiger partial charge in [0.15, 0.2) is 5.75 Å². The average Bonchev–Trinajstić information content (AvgIpc) is 2.52. The lowest BCUT2D eigenvalue weighted by Crippen LogP contribution is -2.41. The zero-order valence-corrected chi connectivity index (χ0v) is 12.2. The maximum atomic E-state index is 8.21. The Morgan fingerprint density at radius 2 is 2.00 bits per heavy atom. The first-order valence-electron chi connectivity index (χ1n) is 7.96. The summed E-state index contributed by atoms with van der Waals surface area (Å²) in [5.74, 6) is -0.272. The maximum absolute atomic E-state index is 8.21. The lowest BCUT2D eigenvalue weighted by Gasteiger charge is -2.32. The summed E-state index contributed by atoms with van der Waals surface area (Å²) in [6, 6.07) is -0.300. The second kappa shape index (κ2) is 4.51. The van der Waals surface area contributed by atoms with Gasteiger partial charge in [-0.3, -0.25) is 0 Å². The second-order valence-corrected chi connectivity index (χ2v) is 5.82. The van der Waals surface area contributed by atoms with Gasteiger partial charge in [-0.15, -0.1) is 0 Å². The van der Waals surface area contributed by atoms with Crippen molar-refractivity contribution in [2.75, 3.05) is 7.04 Å². The van der Waals surface area contributed by atoms with Crippen LogP contribution in [0.1, 0.15) is 34.5 Å². The summed E-state index contributed by atoms with van der Waals surface area (Å²) in [5, 5.41) is 0. The van der Waals surface area contributed by atoms with E-state index in [1.807, 2.05) is 27.7 Å². The number of rotatable bonds is 2. The van der Waals surface area contributed by atoms with Crippen LogP contribution in [-0.2, 0) is 9.31 Å². The van der Waals surface area contributed by atoms with Gasteiger partial charge in [-0.1, -0.05) is 0 Å². The van der Waals surface area contributed by atoms with E-state index in [2.05, 4.69) is 20.9 Å². The SMILES string of the molecule is [2H]c1nc(Br)c(OC([2H])([2H])[2H])c([2H])c1B1OC(C)(C)C(C)(C)O1. The quantitative estimate of drug-likeness (QED) is 0.619. The van der Waals surface area contributed by atoms with Crippen LogP contribution in [0.2, 0.25) is 0 Å². The van der Waals surface area contributed by atoms with Crippen molar-refractivity contribution in [3.05, 3.63) is 16.8 Å². The molecule has 0 saturated carbocycles. The predicted molar refractivity (Wildman–Crippen MR) is 74.2 cm³/mol. The van der Waals surface area contributed by atoms with Crippen molar-refractivity contribution < 1.29 is 20.9 Å². The molecule has 0 radical (unpaired) electrons. The van der Waals surface area contributed by atoms with Gasteiger partial charge in [0.05, 0.1) is 25.1 Å². The Labute approximate surface area is 123 Å². The highest BCUT2D eigenvalue weighted by Gasteiger charge is 2.51. The first-order chi connectivity index (χ1) is 10.3. The van der Waals surface area contributed by atoms with Gasteiger partial charge in [-0.05, 0) is 49.7 Å². The van der Waals surface area contributed by atoms with E-state index in [1.54, 1.807) is 0 Å². The van der Waals surface area contributed by atoms with Crippen LogP contribution in [0.3, 0.4) is 0 Å². The van der Waals surface area contributed by atoms with Crippen molar-refractivity contribution in [1.82, 2.24) is 4.98 Å². The molecule has 98 valence electrons. The topological polar surface area (TPSA) is 40.6 Å². The fourth-order valence-corrected chi connectivity index (χ4v) is 1.77. The zero-order valence-electron chi connectivity index (χ0n) is 15.6. The molecular formula is C12H17BBrNO3. The molecule has 1 saturated heterocycles. The third-order valence-corrected chi connectivity index (χ3v) is 3.84. The predicted octanol–water partition coefficient (Wildman–Crippen LogP) is 2.15. The fourth-order valence-electron chi connectivity index (χ4n) is 1.50. The molecule has 1 aromatic heterocycles. The van der Waals surface area contributed by atoms with Gasteiger partial charge in [0.2, 0.25) is 0 Å². The van der Waals surface area contributed by atoms with Crippen LogP contribution in [0, 0.1) is 0 Å². The lowest BCUT2D eigenvalue weighted by atomic mass is 9.80. The van der Waals surface area contributed by atoms with Crippen molar-refractivity contribution >= 4 is 28.5 Å². The molecule has 0 spiro atoms. The lowest BCUT2D eigenvalue weighted by molar-refractivity contribution is 0.00578. The number of methoxy groups -OCH3 is 1. The number of aromatic nitrogens is 1. The third-order valence-electron chi connectivity index (χ3n) is 3.30. The van der Waals surface area contributed by atoms with Crippen LogP contribution in [0.25, 0.3) is 0 Å². The van der Waals surface area contributed by atoms with E-state index in [4.69, 9.17) is 20.9 Å². The molecule has 1 fully saturated rings. The molecule has 0 unspecified atom stereocenters. The summed E-state index contributed by atoms with van der Waals surface area (Å²) in [6.45, 7) is 7.36. The monoisotopic (exact) mass is 318 g/mol. The number of pyridine rings is 1. The van der Waals surface area contributed by atoms with Crippen LogP contribution in [-0.4, -0.2) is 30.3 Å². The molecule has 0 bridgehead atoms.